The lowest BCUT2D eigenvalue weighted by atomic mass is 9.89. The number of rotatable bonds is 8. The first-order valence-corrected chi connectivity index (χ1v) is 16.1. The Kier molecular flexibility index (Phi) is 9.85. The van der Waals surface area contributed by atoms with Crippen LogP contribution in [0.2, 0.25) is 0 Å². The van der Waals surface area contributed by atoms with Gasteiger partial charge in [-0.2, -0.15) is 13.5 Å². The van der Waals surface area contributed by atoms with E-state index in [4.69, 9.17) is 4.74 Å². The Morgan fingerprint density at radius 2 is 1.78 bits per heavy atom. The summed E-state index contributed by atoms with van der Waals surface area (Å²) in [6.07, 6.45) is 1.37. The molecule has 8 heteroatoms. The van der Waals surface area contributed by atoms with Gasteiger partial charge >= 0.3 is 5.97 Å². The van der Waals surface area contributed by atoms with Crippen LogP contribution in [-0.4, -0.2) is 31.0 Å². The summed E-state index contributed by atoms with van der Waals surface area (Å²) in [5, 5.41) is 12.6. The highest BCUT2D eigenvalue weighted by Crippen LogP contribution is 2.38. The van der Waals surface area contributed by atoms with Gasteiger partial charge in [-0.15, -0.1) is 17.3 Å². The van der Waals surface area contributed by atoms with Crippen molar-refractivity contribution < 1.29 is 23.1 Å². The number of aliphatic carboxylic acids is 1. The highest BCUT2D eigenvalue weighted by molar-refractivity contribution is 7.91. The standard InChI is InChI=1S/C33H32O5S2.H2S/c1-3-4-26(19-33(34)35)24-6-9-28(10-7-24)38-20-23-5-12-32-30(18-23)31(21-39-32)29-11-8-27(17-22(29)2)25-13-15-40(36,37)16-14-25;/h5-12,17-18,21,25-26H,13-16,19-20H2,1-2H3,(H,34,35);1H2/t26-;/m0./s1. The Labute approximate surface area is 252 Å². The average Bonchev–Trinajstić information content (AvgIpc) is 3.35. The van der Waals surface area contributed by atoms with Gasteiger partial charge in [-0.3, -0.25) is 4.79 Å². The predicted octanol–water partition coefficient (Wildman–Crippen LogP) is 7.44. The number of thiophene rings is 1. The zero-order valence-corrected chi connectivity index (χ0v) is 25.8. The fourth-order valence-electron chi connectivity index (χ4n) is 5.41. The van der Waals surface area contributed by atoms with E-state index in [-0.39, 0.29) is 37.3 Å². The summed E-state index contributed by atoms with van der Waals surface area (Å²) in [4.78, 5) is 11.2. The van der Waals surface area contributed by atoms with Crippen LogP contribution in [0.4, 0.5) is 0 Å². The molecule has 0 saturated carbocycles. The topological polar surface area (TPSA) is 80.7 Å². The normalized spacial score (nSPS) is 15.4. The van der Waals surface area contributed by atoms with Gasteiger partial charge in [0.05, 0.1) is 23.8 Å². The molecule has 1 aliphatic heterocycles. The maximum Gasteiger partial charge on any atom is 0.304 e. The molecule has 214 valence electrons. The van der Waals surface area contributed by atoms with Crippen LogP contribution in [0.25, 0.3) is 21.2 Å². The molecule has 3 aromatic carbocycles. The second-order valence-corrected chi connectivity index (χ2v) is 13.6. The van der Waals surface area contributed by atoms with E-state index in [1.54, 1.807) is 18.3 Å². The molecule has 0 spiro atoms. The van der Waals surface area contributed by atoms with Crippen LogP contribution < -0.4 is 4.74 Å². The van der Waals surface area contributed by atoms with Gasteiger partial charge in [0.25, 0.3) is 0 Å². The molecule has 4 aromatic rings. The molecule has 1 aliphatic rings. The zero-order valence-electron chi connectivity index (χ0n) is 23.1. The van der Waals surface area contributed by atoms with E-state index in [9.17, 15) is 18.3 Å². The number of ether oxygens (including phenoxy) is 1. The van der Waals surface area contributed by atoms with Crippen molar-refractivity contribution in [3.63, 3.8) is 0 Å². The van der Waals surface area contributed by atoms with Gasteiger partial charge in [0.15, 0.2) is 0 Å². The predicted molar refractivity (Wildman–Crippen MR) is 172 cm³/mol. The van der Waals surface area contributed by atoms with Gasteiger partial charge in [0.1, 0.15) is 22.2 Å². The number of carboxylic acid groups (broad SMARTS) is 1. The molecule has 0 amide bonds. The molecule has 1 fully saturated rings. The van der Waals surface area contributed by atoms with Crippen molar-refractivity contribution in [2.75, 3.05) is 11.5 Å². The SMILES string of the molecule is CC#C[C@@H](CC(=O)O)c1ccc(OCc2ccc3scc(-c4ccc(C5CCS(=O)(=O)CC5)cc4C)c3c2)cc1.S. The maximum atomic E-state index is 11.8. The van der Waals surface area contributed by atoms with Gasteiger partial charge in [-0.1, -0.05) is 42.3 Å². The highest BCUT2D eigenvalue weighted by Gasteiger charge is 2.25. The largest absolute Gasteiger partial charge is 0.489 e. The summed E-state index contributed by atoms with van der Waals surface area (Å²) in [5.74, 6) is 6.16. The van der Waals surface area contributed by atoms with Crippen molar-refractivity contribution in [3.05, 3.63) is 88.3 Å². The van der Waals surface area contributed by atoms with E-state index in [0.717, 1.165) is 16.9 Å². The van der Waals surface area contributed by atoms with Crippen LogP contribution >= 0.6 is 24.8 Å². The third-order valence-electron chi connectivity index (χ3n) is 7.59. The quantitative estimate of drug-likeness (QED) is 0.211. The third kappa shape index (κ3) is 7.34. The van der Waals surface area contributed by atoms with Crippen molar-refractivity contribution in [3.8, 4) is 28.7 Å². The van der Waals surface area contributed by atoms with Crippen LogP contribution in [0.5, 0.6) is 5.75 Å². The molecule has 1 N–H and O–H groups in total. The molecule has 0 unspecified atom stereocenters. The van der Waals surface area contributed by atoms with Crippen molar-refractivity contribution in [2.45, 2.75) is 51.6 Å². The van der Waals surface area contributed by atoms with Gasteiger partial charge < -0.3 is 9.84 Å². The van der Waals surface area contributed by atoms with E-state index < -0.39 is 15.8 Å². The molecular weight excluding hydrogens is 573 g/mol. The van der Waals surface area contributed by atoms with Gasteiger partial charge in [-0.25, -0.2) is 8.42 Å². The lowest BCUT2D eigenvalue weighted by molar-refractivity contribution is -0.137. The monoisotopic (exact) mass is 606 g/mol. The summed E-state index contributed by atoms with van der Waals surface area (Å²) in [6, 6.07) is 20.5. The molecular formula is C33H34O5S3. The Bertz CT molecular complexity index is 1700. The van der Waals surface area contributed by atoms with Gasteiger partial charge in [0, 0.05) is 15.6 Å². The van der Waals surface area contributed by atoms with E-state index in [1.807, 2.05) is 24.3 Å². The maximum absolute atomic E-state index is 11.8. The van der Waals surface area contributed by atoms with Crippen LogP contribution in [0.1, 0.15) is 60.3 Å². The van der Waals surface area contributed by atoms with Crippen LogP contribution in [0.15, 0.2) is 66.0 Å². The second-order valence-electron chi connectivity index (χ2n) is 10.4. The number of fused-ring (bicyclic) bond motifs is 1. The molecule has 0 radical (unpaired) electrons. The molecule has 1 aromatic heterocycles. The van der Waals surface area contributed by atoms with Crippen molar-refractivity contribution >= 4 is 50.7 Å². The van der Waals surface area contributed by atoms with E-state index >= 15 is 0 Å². The number of carbonyl (C=O) groups is 1. The molecule has 2 heterocycles. The molecule has 0 bridgehead atoms. The Balaban J connectivity index is 0.00000387. The van der Waals surface area contributed by atoms with E-state index in [0.29, 0.717) is 25.4 Å². The molecule has 0 aliphatic carbocycles. The van der Waals surface area contributed by atoms with E-state index in [2.05, 4.69) is 60.5 Å². The first-order valence-electron chi connectivity index (χ1n) is 13.4. The van der Waals surface area contributed by atoms with Crippen LogP contribution in [0, 0.1) is 18.8 Å². The minimum atomic E-state index is -2.87. The number of hydrogen-bond acceptors (Lipinski definition) is 5. The molecule has 1 atom stereocenters. The van der Waals surface area contributed by atoms with Gasteiger partial charge in [-0.05, 0) is 90.1 Å². The lowest BCUT2D eigenvalue weighted by Crippen LogP contribution is -2.22. The number of benzene rings is 3. The first kappa shape index (κ1) is 30.7. The molecule has 5 rings (SSSR count). The second kappa shape index (κ2) is 13.2. The number of hydrogen-bond donors (Lipinski definition) is 1. The minimum absolute atomic E-state index is 0. The Hall–Kier alpha value is -3.25. The summed E-state index contributed by atoms with van der Waals surface area (Å²) in [5.41, 5.74) is 6.74. The number of carboxylic acids is 1. The van der Waals surface area contributed by atoms with E-state index in [1.165, 1.54) is 32.3 Å². The summed E-state index contributed by atoms with van der Waals surface area (Å²) >= 11 is 1.72. The zero-order chi connectivity index (χ0) is 28.3. The first-order chi connectivity index (χ1) is 19.2. The molecule has 5 nitrogen and oxygen atoms in total. The van der Waals surface area contributed by atoms with Crippen molar-refractivity contribution in [1.29, 1.82) is 0 Å². The average molecular weight is 607 g/mol. The fraction of sp³-hybridized carbons (Fsp3) is 0.303. The van der Waals surface area contributed by atoms with Gasteiger partial charge in [0.2, 0.25) is 0 Å². The Morgan fingerprint density at radius 1 is 1.05 bits per heavy atom. The summed E-state index contributed by atoms with van der Waals surface area (Å²) < 4.78 is 31.0. The third-order valence-corrected chi connectivity index (χ3v) is 10.3. The molecule has 1 saturated heterocycles. The van der Waals surface area contributed by atoms with Crippen molar-refractivity contribution in [2.24, 2.45) is 0 Å². The van der Waals surface area contributed by atoms with Crippen LogP contribution in [0.3, 0.4) is 0 Å². The smallest absolute Gasteiger partial charge is 0.304 e. The summed E-state index contributed by atoms with van der Waals surface area (Å²) in [6.45, 7) is 4.26. The number of sulfone groups is 1. The number of aryl methyl sites for hydroxylation is 1. The van der Waals surface area contributed by atoms with Crippen LogP contribution in [-0.2, 0) is 21.2 Å². The Morgan fingerprint density at radius 3 is 2.44 bits per heavy atom. The summed E-state index contributed by atoms with van der Waals surface area (Å²) in [7, 11) is -2.87. The van der Waals surface area contributed by atoms with Crippen molar-refractivity contribution in [1.82, 2.24) is 0 Å². The highest BCUT2D eigenvalue weighted by atomic mass is 32.2. The molecule has 41 heavy (non-hydrogen) atoms. The fourth-order valence-corrected chi connectivity index (χ4v) is 7.84. The lowest BCUT2D eigenvalue weighted by Gasteiger charge is -2.23. The minimum Gasteiger partial charge on any atom is -0.489 e.